The van der Waals surface area contributed by atoms with Crippen LogP contribution in [0.5, 0.6) is 0 Å². The van der Waals surface area contributed by atoms with Gasteiger partial charge in [0, 0.05) is 46.0 Å². The number of anilines is 1. The number of nitrogens with zero attached hydrogens (tertiary/aromatic N) is 4. The number of hydrogen-bond donors (Lipinski definition) is 2. The lowest BCUT2D eigenvalue weighted by Crippen LogP contribution is -2.30. The van der Waals surface area contributed by atoms with Crippen LogP contribution in [0.2, 0.25) is 0 Å². The molecule has 32 heavy (non-hydrogen) atoms. The predicted molar refractivity (Wildman–Crippen MR) is 129 cm³/mol. The van der Waals surface area contributed by atoms with Crippen LogP contribution < -0.4 is 10.9 Å². The van der Waals surface area contributed by atoms with Gasteiger partial charge in [-0.15, -0.1) is 0 Å². The van der Waals surface area contributed by atoms with Gasteiger partial charge in [0.2, 0.25) is 5.95 Å². The zero-order valence-electron chi connectivity index (χ0n) is 19.5. The van der Waals surface area contributed by atoms with E-state index in [1.165, 1.54) is 0 Å². The smallest absolute Gasteiger partial charge is 0.259 e. The third-order valence-electron chi connectivity index (χ3n) is 6.19. The van der Waals surface area contributed by atoms with E-state index in [9.17, 15) is 4.79 Å². The Morgan fingerprint density at radius 2 is 1.91 bits per heavy atom. The van der Waals surface area contributed by atoms with Crippen LogP contribution in [0.25, 0.3) is 33.3 Å². The second kappa shape index (κ2) is 7.08. The van der Waals surface area contributed by atoms with Crippen LogP contribution in [0.3, 0.4) is 0 Å². The quantitative estimate of drug-likeness (QED) is 0.468. The molecule has 0 aliphatic carbocycles. The molecular weight excluding hydrogens is 400 g/mol. The van der Waals surface area contributed by atoms with Crippen molar-refractivity contribution in [2.24, 2.45) is 0 Å². The summed E-state index contributed by atoms with van der Waals surface area (Å²) in [5, 5.41) is 8.95. The van der Waals surface area contributed by atoms with Crippen molar-refractivity contribution in [1.82, 2.24) is 24.3 Å². The van der Waals surface area contributed by atoms with Crippen molar-refractivity contribution >= 4 is 16.9 Å². The molecule has 7 nitrogen and oxygen atoms in total. The molecule has 0 fully saturated rings. The highest BCUT2D eigenvalue weighted by Gasteiger charge is 2.32. The summed E-state index contributed by atoms with van der Waals surface area (Å²) in [6.07, 6.45) is 5.94. The van der Waals surface area contributed by atoms with E-state index in [4.69, 9.17) is 4.98 Å². The standard InChI is InChI=1S/C25H30N6O/c1-14(2)21-22(28-24-29-25(5,6)13-30(24)23(21)32)19-11-26-20-8-7-16(9-18(19)20)17-10-27-31(12-17)15(3)4/h7-12,14-15,26H,13H2,1-6H3,(H,28,29). The van der Waals surface area contributed by atoms with Gasteiger partial charge in [0.1, 0.15) is 0 Å². The van der Waals surface area contributed by atoms with Gasteiger partial charge < -0.3 is 10.3 Å². The van der Waals surface area contributed by atoms with Gasteiger partial charge in [-0.3, -0.25) is 14.0 Å². The van der Waals surface area contributed by atoms with Crippen molar-refractivity contribution in [3.63, 3.8) is 0 Å². The molecule has 0 amide bonds. The summed E-state index contributed by atoms with van der Waals surface area (Å²) in [6.45, 7) is 13.1. The lowest BCUT2D eigenvalue weighted by molar-refractivity contribution is 0.515. The van der Waals surface area contributed by atoms with Gasteiger partial charge in [0.15, 0.2) is 0 Å². The first-order valence-electron chi connectivity index (χ1n) is 11.2. The molecule has 1 aromatic carbocycles. The molecule has 166 valence electrons. The molecule has 0 unspecified atom stereocenters. The summed E-state index contributed by atoms with van der Waals surface area (Å²) in [7, 11) is 0. The summed E-state index contributed by atoms with van der Waals surface area (Å²) in [5.74, 6) is 0.701. The Morgan fingerprint density at radius 3 is 2.59 bits per heavy atom. The molecule has 2 N–H and O–H groups in total. The molecule has 4 aromatic rings. The van der Waals surface area contributed by atoms with Gasteiger partial charge in [0.25, 0.3) is 5.56 Å². The Labute approximate surface area is 187 Å². The molecule has 0 saturated heterocycles. The van der Waals surface area contributed by atoms with E-state index in [0.717, 1.165) is 38.9 Å². The molecule has 1 aliphatic rings. The first kappa shape index (κ1) is 20.5. The van der Waals surface area contributed by atoms with Gasteiger partial charge in [-0.2, -0.15) is 5.10 Å². The summed E-state index contributed by atoms with van der Waals surface area (Å²) in [5.41, 5.74) is 5.49. The normalized spacial score (nSPS) is 15.0. The van der Waals surface area contributed by atoms with Crippen molar-refractivity contribution in [1.29, 1.82) is 0 Å². The van der Waals surface area contributed by atoms with E-state index in [0.29, 0.717) is 18.5 Å². The summed E-state index contributed by atoms with van der Waals surface area (Å²) >= 11 is 0. The molecule has 7 heteroatoms. The van der Waals surface area contributed by atoms with Gasteiger partial charge >= 0.3 is 0 Å². The lowest BCUT2D eigenvalue weighted by Gasteiger charge is -2.15. The second-order valence-corrected chi connectivity index (χ2v) is 10.0. The van der Waals surface area contributed by atoms with Gasteiger partial charge in [-0.05, 0) is 51.3 Å². The molecule has 0 radical (unpaired) electrons. The Bertz CT molecular complexity index is 1390. The maximum absolute atomic E-state index is 13.5. The highest BCUT2D eigenvalue weighted by Crippen LogP contribution is 2.36. The molecule has 0 bridgehead atoms. The van der Waals surface area contributed by atoms with E-state index in [1.54, 1.807) is 4.57 Å². The average molecular weight is 431 g/mol. The fourth-order valence-electron chi connectivity index (χ4n) is 4.54. The van der Waals surface area contributed by atoms with Crippen molar-refractivity contribution in [2.45, 2.75) is 65.6 Å². The van der Waals surface area contributed by atoms with E-state index < -0.39 is 0 Å². The minimum absolute atomic E-state index is 0.0433. The largest absolute Gasteiger partial charge is 0.360 e. The Morgan fingerprint density at radius 1 is 1.12 bits per heavy atom. The number of benzene rings is 1. The molecular formula is C25H30N6O. The Hall–Kier alpha value is -3.35. The number of aromatic amines is 1. The highest BCUT2D eigenvalue weighted by molar-refractivity contribution is 5.98. The summed E-state index contributed by atoms with van der Waals surface area (Å²) in [6, 6.07) is 6.65. The fraction of sp³-hybridized carbons (Fsp3) is 0.400. The first-order chi connectivity index (χ1) is 15.1. The maximum Gasteiger partial charge on any atom is 0.259 e. The molecule has 0 atom stereocenters. The Balaban J connectivity index is 1.70. The molecule has 4 heterocycles. The number of hydrogen-bond acceptors (Lipinski definition) is 4. The number of H-pyrrole nitrogens is 1. The zero-order chi connectivity index (χ0) is 22.8. The first-order valence-corrected chi connectivity index (χ1v) is 11.2. The van der Waals surface area contributed by atoms with Crippen LogP contribution in [-0.4, -0.2) is 29.9 Å². The third-order valence-corrected chi connectivity index (χ3v) is 6.19. The SMILES string of the molecule is CC(C)c1c(-c2c[nH]c3ccc(-c4cnn(C(C)C)c4)cc23)nc2n(c1=O)CC(C)(C)N2. The Kier molecular flexibility index (Phi) is 4.55. The molecule has 0 saturated carbocycles. The molecule has 1 aliphatic heterocycles. The van der Waals surface area contributed by atoms with Crippen LogP contribution >= 0.6 is 0 Å². The van der Waals surface area contributed by atoms with Crippen LogP contribution in [-0.2, 0) is 6.54 Å². The number of aromatic nitrogens is 5. The van der Waals surface area contributed by atoms with Gasteiger partial charge in [-0.25, -0.2) is 4.98 Å². The van der Waals surface area contributed by atoms with Crippen LogP contribution in [0.4, 0.5) is 5.95 Å². The van der Waals surface area contributed by atoms with Crippen molar-refractivity contribution in [3.05, 3.63) is 52.7 Å². The maximum atomic E-state index is 13.5. The predicted octanol–water partition coefficient (Wildman–Crippen LogP) is 5.16. The van der Waals surface area contributed by atoms with E-state index in [1.807, 2.05) is 17.1 Å². The van der Waals surface area contributed by atoms with Crippen molar-refractivity contribution < 1.29 is 0 Å². The third kappa shape index (κ3) is 3.23. The highest BCUT2D eigenvalue weighted by atomic mass is 16.1. The minimum Gasteiger partial charge on any atom is -0.360 e. The van der Waals surface area contributed by atoms with Gasteiger partial charge in [-0.1, -0.05) is 19.9 Å². The average Bonchev–Trinajstić information content (AvgIpc) is 3.42. The molecule has 0 spiro atoms. The van der Waals surface area contributed by atoms with E-state index in [-0.39, 0.29) is 17.0 Å². The lowest BCUT2D eigenvalue weighted by atomic mass is 9.97. The number of nitrogens with one attached hydrogen (secondary N) is 2. The van der Waals surface area contributed by atoms with Crippen LogP contribution in [0.1, 0.15) is 59.1 Å². The number of fused-ring (bicyclic) bond motifs is 2. The summed E-state index contributed by atoms with van der Waals surface area (Å²) in [4.78, 5) is 21.8. The second-order valence-electron chi connectivity index (χ2n) is 10.0. The monoisotopic (exact) mass is 430 g/mol. The molecule has 3 aromatic heterocycles. The van der Waals surface area contributed by atoms with Crippen LogP contribution in [0, 0.1) is 0 Å². The van der Waals surface area contributed by atoms with Crippen molar-refractivity contribution in [2.75, 3.05) is 5.32 Å². The number of rotatable bonds is 4. The topological polar surface area (TPSA) is 80.5 Å². The fourth-order valence-corrected chi connectivity index (χ4v) is 4.54. The van der Waals surface area contributed by atoms with Crippen LogP contribution in [0.15, 0.2) is 41.6 Å². The summed E-state index contributed by atoms with van der Waals surface area (Å²) < 4.78 is 3.74. The zero-order valence-corrected chi connectivity index (χ0v) is 19.5. The van der Waals surface area contributed by atoms with Gasteiger partial charge in [0.05, 0.1) is 24.0 Å². The molecule has 5 rings (SSSR count). The van der Waals surface area contributed by atoms with E-state index in [2.05, 4.69) is 81.3 Å². The minimum atomic E-state index is -0.198. The van der Waals surface area contributed by atoms with Crippen molar-refractivity contribution in [3.8, 4) is 22.4 Å². The van der Waals surface area contributed by atoms with E-state index >= 15 is 0 Å².